The predicted octanol–water partition coefficient (Wildman–Crippen LogP) is 2.98. The van der Waals surface area contributed by atoms with E-state index in [0.717, 1.165) is 18.3 Å². The van der Waals surface area contributed by atoms with E-state index >= 15 is 0 Å². The first kappa shape index (κ1) is 12.2. The van der Waals surface area contributed by atoms with Crippen molar-refractivity contribution in [1.29, 1.82) is 0 Å². The second-order valence-electron chi connectivity index (χ2n) is 3.74. The average molecular weight is 192 g/mol. The van der Waals surface area contributed by atoms with Crippen molar-refractivity contribution in [3.8, 4) is 0 Å². The van der Waals surface area contributed by atoms with Crippen molar-refractivity contribution in [3.05, 3.63) is 0 Å². The van der Waals surface area contributed by atoms with Crippen molar-refractivity contribution in [2.75, 3.05) is 25.5 Å². The Morgan fingerprint density at radius 3 is 2.33 bits per heavy atom. The molecular weight excluding hydrogens is 170 g/mol. The summed E-state index contributed by atoms with van der Waals surface area (Å²) in [6.07, 6.45) is 2.57. The monoisotopic (exact) mass is 191 g/mol. The highest BCUT2D eigenvalue weighted by Gasteiger charge is 2.04. The minimum Gasteiger partial charge on any atom is -0.302 e. The zero-order chi connectivity index (χ0) is 9.40. The summed E-state index contributed by atoms with van der Waals surface area (Å²) < 4.78 is 0. The molecular formula is C10H22ClN. The fourth-order valence-electron chi connectivity index (χ4n) is 1.31. The number of alkyl halides is 1. The minimum absolute atomic E-state index is 0.755. The van der Waals surface area contributed by atoms with Gasteiger partial charge >= 0.3 is 0 Å². The minimum atomic E-state index is 0.755. The molecule has 0 aliphatic carbocycles. The van der Waals surface area contributed by atoms with E-state index in [1.54, 1.807) is 0 Å². The molecule has 0 aromatic rings. The van der Waals surface area contributed by atoms with Crippen LogP contribution in [0.1, 0.15) is 33.6 Å². The average Bonchev–Trinajstić information content (AvgIpc) is 2.00. The van der Waals surface area contributed by atoms with Crippen molar-refractivity contribution in [2.24, 2.45) is 5.92 Å². The summed E-state index contributed by atoms with van der Waals surface area (Å²) in [4.78, 5) is 2.46. The zero-order valence-electron chi connectivity index (χ0n) is 8.65. The Morgan fingerprint density at radius 2 is 1.92 bits per heavy atom. The van der Waals surface area contributed by atoms with Crippen molar-refractivity contribution < 1.29 is 0 Å². The molecule has 0 aromatic carbocycles. The summed E-state index contributed by atoms with van der Waals surface area (Å²) in [5.74, 6) is 1.52. The van der Waals surface area contributed by atoms with E-state index in [1.165, 1.54) is 25.9 Å². The molecule has 0 saturated heterocycles. The molecule has 0 saturated carbocycles. The Labute approximate surface area is 82.1 Å². The number of hydrogen-bond donors (Lipinski definition) is 0. The van der Waals surface area contributed by atoms with Crippen LogP contribution < -0.4 is 0 Å². The molecule has 0 fully saturated rings. The van der Waals surface area contributed by atoms with E-state index in [-0.39, 0.29) is 0 Å². The van der Waals surface area contributed by atoms with Crippen LogP contribution >= 0.6 is 11.6 Å². The van der Waals surface area contributed by atoms with Gasteiger partial charge < -0.3 is 4.90 Å². The summed E-state index contributed by atoms with van der Waals surface area (Å²) in [7, 11) is 0. The van der Waals surface area contributed by atoms with E-state index < -0.39 is 0 Å². The summed E-state index contributed by atoms with van der Waals surface area (Å²) in [5.41, 5.74) is 0. The van der Waals surface area contributed by atoms with Crippen LogP contribution in [0.5, 0.6) is 0 Å². The van der Waals surface area contributed by atoms with Gasteiger partial charge in [-0.25, -0.2) is 0 Å². The third kappa shape index (κ3) is 6.93. The van der Waals surface area contributed by atoms with Gasteiger partial charge in [-0.3, -0.25) is 0 Å². The largest absolute Gasteiger partial charge is 0.302 e. The predicted molar refractivity (Wildman–Crippen MR) is 56.9 cm³/mol. The van der Waals surface area contributed by atoms with Crippen molar-refractivity contribution in [2.45, 2.75) is 33.6 Å². The molecule has 0 heterocycles. The third-order valence-corrected chi connectivity index (χ3v) is 2.02. The SMILES string of the molecule is CCCCN(CCCl)CC(C)C. The van der Waals surface area contributed by atoms with Crippen LogP contribution in [0.25, 0.3) is 0 Å². The number of hydrogen-bond acceptors (Lipinski definition) is 1. The normalized spacial score (nSPS) is 11.5. The van der Waals surface area contributed by atoms with E-state index in [2.05, 4.69) is 25.7 Å². The van der Waals surface area contributed by atoms with Gasteiger partial charge in [-0.05, 0) is 18.9 Å². The van der Waals surface area contributed by atoms with Gasteiger partial charge in [0, 0.05) is 19.0 Å². The van der Waals surface area contributed by atoms with Crippen LogP contribution in [0.2, 0.25) is 0 Å². The smallest absolute Gasteiger partial charge is 0.0351 e. The zero-order valence-corrected chi connectivity index (χ0v) is 9.40. The lowest BCUT2D eigenvalue weighted by Gasteiger charge is -2.22. The Hall–Kier alpha value is 0.250. The van der Waals surface area contributed by atoms with Crippen LogP contribution in [0.4, 0.5) is 0 Å². The number of halogens is 1. The van der Waals surface area contributed by atoms with Gasteiger partial charge in [0.05, 0.1) is 0 Å². The molecule has 2 heteroatoms. The highest BCUT2D eigenvalue weighted by atomic mass is 35.5. The van der Waals surface area contributed by atoms with Crippen molar-refractivity contribution in [3.63, 3.8) is 0 Å². The fraction of sp³-hybridized carbons (Fsp3) is 1.00. The number of unbranched alkanes of at least 4 members (excludes halogenated alkanes) is 1. The Balaban J connectivity index is 3.54. The summed E-state index contributed by atoms with van der Waals surface area (Å²) in [6.45, 7) is 10.2. The van der Waals surface area contributed by atoms with Gasteiger partial charge in [-0.1, -0.05) is 27.2 Å². The molecule has 0 atom stereocenters. The molecule has 0 bridgehead atoms. The topological polar surface area (TPSA) is 3.24 Å². The maximum Gasteiger partial charge on any atom is 0.0351 e. The first-order valence-corrected chi connectivity index (χ1v) is 5.52. The molecule has 0 unspecified atom stereocenters. The molecule has 0 aliphatic rings. The van der Waals surface area contributed by atoms with Crippen LogP contribution in [0.15, 0.2) is 0 Å². The fourth-order valence-corrected chi connectivity index (χ4v) is 1.55. The third-order valence-electron chi connectivity index (χ3n) is 1.85. The Morgan fingerprint density at radius 1 is 1.25 bits per heavy atom. The summed E-state index contributed by atoms with van der Waals surface area (Å²) in [6, 6.07) is 0. The van der Waals surface area contributed by atoms with Crippen LogP contribution in [-0.2, 0) is 0 Å². The first-order valence-electron chi connectivity index (χ1n) is 4.99. The number of rotatable bonds is 7. The lowest BCUT2D eigenvalue weighted by molar-refractivity contribution is 0.254. The Kier molecular flexibility index (Phi) is 8.04. The molecule has 74 valence electrons. The maximum absolute atomic E-state index is 5.72. The summed E-state index contributed by atoms with van der Waals surface area (Å²) >= 11 is 5.72. The maximum atomic E-state index is 5.72. The lowest BCUT2D eigenvalue weighted by atomic mass is 10.2. The quantitative estimate of drug-likeness (QED) is 0.560. The standard InChI is InChI=1S/C10H22ClN/c1-4-5-7-12(8-6-11)9-10(2)3/h10H,4-9H2,1-3H3. The molecule has 0 amide bonds. The van der Waals surface area contributed by atoms with Gasteiger partial charge in [-0.2, -0.15) is 0 Å². The van der Waals surface area contributed by atoms with Crippen LogP contribution in [0, 0.1) is 5.92 Å². The van der Waals surface area contributed by atoms with E-state index in [4.69, 9.17) is 11.6 Å². The first-order chi connectivity index (χ1) is 5.70. The van der Waals surface area contributed by atoms with Gasteiger partial charge in [-0.15, -0.1) is 11.6 Å². The Bertz CT molecular complexity index is 93.8. The molecule has 0 N–H and O–H groups in total. The summed E-state index contributed by atoms with van der Waals surface area (Å²) in [5, 5.41) is 0. The van der Waals surface area contributed by atoms with Crippen molar-refractivity contribution >= 4 is 11.6 Å². The molecule has 0 aliphatic heterocycles. The van der Waals surface area contributed by atoms with Crippen LogP contribution in [-0.4, -0.2) is 30.4 Å². The molecule has 0 radical (unpaired) electrons. The van der Waals surface area contributed by atoms with E-state index in [0.29, 0.717) is 0 Å². The van der Waals surface area contributed by atoms with Gasteiger partial charge in [0.15, 0.2) is 0 Å². The van der Waals surface area contributed by atoms with Gasteiger partial charge in [0.25, 0.3) is 0 Å². The lowest BCUT2D eigenvalue weighted by Crippen LogP contribution is -2.30. The highest BCUT2D eigenvalue weighted by Crippen LogP contribution is 2.01. The van der Waals surface area contributed by atoms with Gasteiger partial charge in [0.1, 0.15) is 0 Å². The van der Waals surface area contributed by atoms with Gasteiger partial charge in [0.2, 0.25) is 0 Å². The second kappa shape index (κ2) is 7.88. The van der Waals surface area contributed by atoms with Crippen LogP contribution in [0.3, 0.4) is 0 Å². The highest BCUT2D eigenvalue weighted by molar-refractivity contribution is 6.18. The molecule has 1 nitrogen and oxygen atoms in total. The van der Waals surface area contributed by atoms with Crippen molar-refractivity contribution in [1.82, 2.24) is 4.90 Å². The molecule has 12 heavy (non-hydrogen) atoms. The molecule has 0 spiro atoms. The van der Waals surface area contributed by atoms with E-state index in [1.807, 2.05) is 0 Å². The second-order valence-corrected chi connectivity index (χ2v) is 4.11. The van der Waals surface area contributed by atoms with E-state index in [9.17, 15) is 0 Å². The number of nitrogens with zero attached hydrogens (tertiary/aromatic N) is 1. The molecule has 0 aromatic heterocycles. The molecule has 0 rings (SSSR count).